The molecular formula is C9H18O8. The van der Waals surface area contributed by atoms with Gasteiger partial charge in [0.05, 0.1) is 19.8 Å². The molecule has 6 N–H and O–H groups in total. The van der Waals surface area contributed by atoms with Gasteiger partial charge in [0.1, 0.15) is 30.5 Å². The van der Waals surface area contributed by atoms with Crippen LogP contribution in [-0.4, -0.2) is 87.3 Å². The topological polar surface area (TPSA) is 140 Å². The molecule has 6 atom stereocenters. The molecule has 1 heterocycles. The first-order valence-electron chi connectivity index (χ1n) is 5.22. The summed E-state index contributed by atoms with van der Waals surface area (Å²) in [5.74, 6) is 0. The van der Waals surface area contributed by atoms with Crippen molar-refractivity contribution in [2.75, 3.05) is 19.8 Å². The second-order valence-corrected chi connectivity index (χ2v) is 3.87. The van der Waals surface area contributed by atoms with Crippen molar-refractivity contribution in [3.8, 4) is 0 Å². The van der Waals surface area contributed by atoms with E-state index in [-0.39, 0.29) is 6.61 Å². The third kappa shape index (κ3) is 3.57. The Morgan fingerprint density at radius 2 is 1.71 bits per heavy atom. The van der Waals surface area contributed by atoms with E-state index in [2.05, 4.69) is 0 Å². The van der Waals surface area contributed by atoms with E-state index in [9.17, 15) is 15.3 Å². The molecule has 1 rings (SSSR count). The van der Waals surface area contributed by atoms with E-state index in [0.717, 1.165) is 0 Å². The molecule has 0 aromatic carbocycles. The lowest BCUT2D eigenvalue weighted by Crippen LogP contribution is -2.59. The zero-order chi connectivity index (χ0) is 13.0. The van der Waals surface area contributed by atoms with E-state index in [1.165, 1.54) is 0 Å². The second kappa shape index (κ2) is 6.57. The number of hydrogen-bond donors (Lipinski definition) is 6. The Morgan fingerprint density at radius 3 is 2.24 bits per heavy atom. The van der Waals surface area contributed by atoms with E-state index in [0.29, 0.717) is 0 Å². The fraction of sp³-hybridized carbons (Fsp3) is 1.00. The molecule has 8 nitrogen and oxygen atoms in total. The summed E-state index contributed by atoms with van der Waals surface area (Å²) >= 11 is 0. The van der Waals surface area contributed by atoms with Gasteiger partial charge in [-0.3, -0.25) is 0 Å². The summed E-state index contributed by atoms with van der Waals surface area (Å²) in [7, 11) is 0. The first-order chi connectivity index (χ1) is 8.01. The lowest BCUT2D eigenvalue weighted by Gasteiger charge is -2.39. The van der Waals surface area contributed by atoms with Crippen LogP contribution < -0.4 is 0 Å². The van der Waals surface area contributed by atoms with Crippen molar-refractivity contribution < 1.29 is 40.1 Å². The zero-order valence-corrected chi connectivity index (χ0v) is 9.09. The van der Waals surface area contributed by atoms with Crippen LogP contribution in [0.15, 0.2) is 0 Å². The second-order valence-electron chi connectivity index (χ2n) is 3.87. The summed E-state index contributed by atoms with van der Waals surface area (Å²) in [6.07, 6.45) is -7.94. The number of aliphatic hydroxyl groups excluding tert-OH is 6. The molecule has 17 heavy (non-hydrogen) atoms. The van der Waals surface area contributed by atoms with Gasteiger partial charge in [-0.05, 0) is 0 Å². The molecule has 0 spiro atoms. The lowest BCUT2D eigenvalue weighted by atomic mass is 9.99. The minimum Gasteiger partial charge on any atom is -0.394 e. The van der Waals surface area contributed by atoms with Crippen molar-refractivity contribution in [1.29, 1.82) is 0 Å². The molecule has 1 aliphatic heterocycles. The molecule has 0 saturated carbocycles. The van der Waals surface area contributed by atoms with Crippen molar-refractivity contribution in [2.45, 2.75) is 36.8 Å². The van der Waals surface area contributed by atoms with Crippen LogP contribution in [0, 0.1) is 0 Å². The van der Waals surface area contributed by atoms with Gasteiger partial charge in [0.2, 0.25) is 0 Å². The van der Waals surface area contributed by atoms with Crippen LogP contribution in [-0.2, 0) is 9.47 Å². The molecule has 0 bridgehead atoms. The molecule has 1 fully saturated rings. The molecular weight excluding hydrogens is 236 g/mol. The summed E-state index contributed by atoms with van der Waals surface area (Å²) in [5.41, 5.74) is 0. The smallest absolute Gasteiger partial charge is 0.186 e. The van der Waals surface area contributed by atoms with Gasteiger partial charge in [-0.15, -0.1) is 0 Å². The van der Waals surface area contributed by atoms with Crippen LogP contribution in [0.4, 0.5) is 0 Å². The van der Waals surface area contributed by atoms with E-state index in [1.807, 2.05) is 0 Å². The van der Waals surface area contributed by atoms with E-state index >= 15 is 0 Å². The van der Waals surface area contributed by atoms with Crippen molar-refractivity contribution in [3.63, 3.8) is 0 Å². The number of hydrogen-bond acceptors (Lipinski definition) is 8. The Labute approximate surface area is 97.6 Å². The SMILES string of the molecule is OC[C@@H](O)CO[C@@H]1O[C@@H](CO)[C@H](O)[C@H](O)[C@H]1O. The van der Waals surface area contributed by atoms with Crippen molar-refractivity contribution in [2.24, 2.45) is 0 Å². The molecule has 1 aliphatic rings. The average Bonchev–Trinajstić information content (AvgIpc) is 2.34. The summed E-state index contributed by atoms with van der Waals surface area (Å²) < 4.78 is 9.93. The highest BCUT2D eigenvalue weighted by molar-refractivity contribution is 4.88. The monoisotopic (exact) mass is 254 g/mol. The summed E-state index contributed by atoms with van der Waals surface area (Å²) in [4.78, 5) is 0. The van der Waals surface area contributed by atoms with Gasteiger partial charge in [-0.25, -0.2) is 0 Å². The number of rotatable bonds is 5. The standard InChI is InChI=1S/C9H18O8/c10-1-4(12)3-16-9-8(15)7(14)6(13)5(2-11)17-9/h4-15H,1-3H2/t4-,5+,6+,7+,8-,9-/m1/s1. The Balaban J connectivity index is 2.53. The Kier molecular flexibility index (Phi) is 5.70. The molecule has 1 saturated heterocycles. The largest absolute Gasteiger partial charge is 0.394 e. The fourth-order valence-corrected chi connectivity index (χ4v) is 1.46. The van der Waals surface area contributed by atoms with Crippen LogP contribution in [0.25, 0.3) is 0 Å². The van der Waals surface area contributed by atoms with E-state index in [1.54, 1.807) is 0 Å². The molecule has 0 aliphatic carbocycles. The maximum Gasteiger partial charge on any atom is 0.186 e. The van der Waals surface area contributed by atoms with Crippen molar-refractivity contribution in [3.05, 3.63) is 0 Å². The van der Waals surface area contributed by atoms with Crippen LogP contribution >= 0.6 is 0 Å². The minimum atomic E-state index is -1.52. The van der Waals surface area contributed by atoms with Crippen molar-refractivity contribution in [1.82, 2.24) is 0 Å². The van der Waals surface area contributed by atoms with Gasteiger partial charge in [0.15, 0.2) is 6.29 Å². The summed E-state index contributed by atoms with van der Waals surface area (Å²) in [5, 5.41) is 54.9. The molecule has 102 valence electrons. The quantitative estimate of drug-likeness (QED) is 0.293. The fourth-order valence-electron chi connectivity index (χ4n) is 1.46. The van der Waals surface area contributed by atoms with E-state index in [4.69, 9.17) is 24.8 Å². The maximum atomic E-state index is 9.52. The third-order valence-electron chi connectivity index (χ3n) is 2.51. The number of ether oxygens (including phenoxy) is 2. The molecule has 0 aromatic rings. The predicted molar refractivity (Wildman–Crippen MR) is 52.8 cm³/mol. The summed E-state index contributed by atoms with van der Waals surface area (Å²) in [6.45, 7) is -1.37. The first kappa shape index (κ1) is 14.7. The Bertz CT molecular complexity index is 223. The highest BCUT2D eigenvalue weighted by Crippen LogP contribution is 2.21. The van der Waals surface area contributed by atoms with Gasteiger partial charge in [-0.2, -0.15) is 0 Å². The lowest BCUT2D eigenvalue weighted by molar-refractivity contribution is -0.304. The van der Waals surface area contributed by atoms with Crippen LogP contribution in [0.5, 0.6) is 0 Å². The molecule has 0 amide bonds. The van der Waals surface area contributed by atoms with Gasteiger partial charge in [0, 0.05) is 0 Å². The molecule has 0 unspecified atom stereocenters. The molecule has 0 aromatic heterocycles. The van der Waals surface area contributed by atoms with Gasteiger partial charge < -0.3 is 40.1 Å². The Morgan fingerprint density at radius 1 is 1.06 bits per heavy atom. The molecule has 0 radical (unpaired) electrons. The third-order valence-corrected chi connectivity index (χ3v) is 2.51. The number of aliphatic hydroxyl groups is 6. The van der Waals surface area contributed by atoms with Gasteiger partial charge in [0.25, 0.3) is 0 Å². The van der Waals surface area contributed by atoms with Crippen LogP contribution in [0.1, 0.15) is 0 Å². The van der Waals surface area contributed by atoms with Gasteiger partial charge >= 0.3 is 0 Å². The van der Waals surface area contributed by atoms with Gasteiger partial charge in [-0.1, -0.05) is 0 Å². The molecule has 8 heteroatoms. The highest BCUT2D eigenvalue weighted by Gasteiger charge is 2.44. The maximum absolute atomic E-state index is 9.52. The van der Waals surface area contributed by atoms with Crippen molar-refractivity contribution >= 4 is 0 Å². The average molecular weight is 254 g/mol. The summed E-state index contributed by atoms with van der Waals surface area (Å²) in [6, 6.07) is 0. The predicted octanol–water partition coefficient (Wildman–Crippen LogP) is -3.84. The first-order valence-corrected chi connectivity index (χ1v) is 5.22. The highest BCUT2D eigenvalue weighted by atomic mass is 16.7. The Hall–Kier alpha value is -0.320. The van der Waals surface area contributed by atoms with Crippen LogP contribution in [0.2, 0.25) is 0 Å². The van der Waals surface area contributed by atoms with Crippen LogP contribution in [0.3, 0.4) is 0 Å². The minimum absolute atomic E-state index is 0.306. The zero-order valence-electron chi connectivity index (χ0n) is 9.09. The normalized spacial score (nSPS) is 40.2. The van der Waals surface area contributed by atoms with E-state index < -0.39 is 50.0 Å².